The van der Waals surface area contributed by atoms with E-state index in [9.17, 15) is 14.9 Å². The number of piperidine rings is 1. The number of nitrogens with two attached hydrogens (primary N) is 1. The summed E-state index contributed by atoms with van der Waals surface area (Å²) in [6.45, 7) is 5.04. The number of hydrogen-bond donors (Lipinski definition) is 2. The maximum Gasteiger partial charge on any atom is 0.314 e. The molecule has 0 spiro atoms. The summed E-state index contributed by atoms with van der Waals surface area (Å²) in [5.74, 6) is 1.00. The topological polar surface area (TPSA) is 156 Å². The van der Waals surface area contributed by atoms with Crippen LogP contribution in [0.4, 0.5) is 4.79 Å². The largest absolute Gasteiger partial charge is 0.490 e. The zero-order valence-corrected chi connectivity index (χ0v) is 22.2. The number of carbonyl (C=O) groups is 2. The maximum atomic E-state index is 10.7. The molecular formula is C29H33N5O5. The molecule has 1 aliphatic heterocycles. The molecule has 10 heteroatoms. The van der Waals surface area contributed by atoms with Crippen LogP contribution in [0.2, 0.25) is 0 Å². The number of carboxylic acid groups (broad SMARTS) is 1. The van der Waals surface area contributed by atoms with E-state index in [1.165, 1.54) is 17.5 Å². The number of ether oxygens (including phenoxy) is 1. The van der Waals surface area contributed by atoms with E-state index in [4.69, 9.17) is 20.1 Å². The van der Waals surface area contributed by atoms with E-state index in [1.807, 2.05) is 32.0 Å². The normalized spacial score (nSPS) is 14.8. The summed E-state index contributed by atoms with van der Waals surface area (Å²) in [5.41, 5.74) is 9.98. The van der Waals surface area contributed by atoms with Crippen LogP contribution in [0.1, 0.15) is 56.2 Å². The number of carbonyl (C=O) groups excluding carboxylic acids is 1. The van der Waals surface area contributed by atoms with Crippen LogP contribution in [0.25, 0.3) is 22.8 Å². The third kappa shape index (κ3) is 6.93. The van der Waals surface area contributed by atoms with E-state index in [2.05, 4.69) is 22.3 Å². The Labute approximate surface area is 227 Å². The molecule has 10 nitrogen and oxygen atoms in total. The van der Waals surface area contributed by atoms with Crippen molar-refractivity contribution < 1.29 is 24.0 Å². The Morgan fingerprint density at radius 2 is 2.00 bits per heavy atom. The Hall–Kier alpha value is -4.39. The van der Waals surface area contributed by atoms with Crippen molar-refractivity contribution >= 4 is 12.0 Å². The summed E-state index contributed by atoms with van der Waals surface area (Å²) < 4.78 is 11.1. The van der Waals surface area contributed by atoms with Crippen LogP contribution in [0, 0.1) is 17.2 Å². The summed E-state index contributed by atoms with van der Waals surface area (Å²) in [6, 6.07) is 13.4. The molecule has 0 atom stereocenters. The van der Waals surface area contributed by atoms with Crippen LogP contribution in [0.15, 0.2) is 40.9 Å². The number of aryl methyl sites for hydroxylation is 1. The second kappa shape index (κ2) is 12.4. The first kappa shape index (κ1) is 27.6. The molecule has 1 saturated heterocycles. The molecule has 0 bridgehead atoms. The average Bonchev–Trinajstić information content (AvgIpc) is 3.59. The van der Waals surface area contributed by atoms with Crippen molar-refractivity contribution in [2.24, 2.45) is 11.7 Å². The number of benzene rings is 2. The number of nitrogens with zero attached hydrogens (tertiary/aromatic N) is 4. The molecule has 1 fully saturated rings. The zero-order chi connectivity index (χ0) is 27.9. The average molecular weight is 532 g/mol. The highest BCUT2D eigenvalue weighted by atomic mass is 16.5. The van der Waals surface area contributed by atoms with Crippen LogP contribution in [-0.2, 0) is 17.6 Å². The number of rotatable bonds is 6. The van der Waals surface area contributed by atoms with Gasteiger partial charge in [-0.15, -0.1) is 0 Å². The van der Waals surface area contributed by atoms with Gasteiger partial charge in [-0.2, -0.15) is 10.2 Å². The van der Waals surface area contributed by atoms with Crippen molar-refractivity contribution in [3.8, 4) is 34.7 Å². The molecule has 39 heavy (non-hydrogen) atoms. The standard InChI is InChI=1S/C21H19N3O2.C8H14N2O3/c1-13(2)25-19-10-9-15(11-16(19)12-22)21-23-20(24-26-21)18-8-4-6-14-5-3-7-17(14)18;9-8(13)10-3-1-6(2-4-10)5-7(11)12/h4,6,8-11,13H,3,5,7H2,1-2H3;6H,1-5H2,(H2,9,13)(H,11,12). The van der Waals surface area contributed by atoms with Crippen molar-refractivity contribution in [3.63, 3.8) is 0 Å². The fourth-order valence-corrected chi connectivity index (χ4v) is 4.99. The maximum absolute atomic E-state index is 10.7. The summed E-state index contributed by atoms with van der Waals surface area (Å²) in [5, 5.41) is 22.1. The number of aliphatic carboxylic acids is 1. The molecule has 2 aliphatic rings. The Kier molecular flexibility index (Phi) is 8.81. The molecule has 2 heterocycles. The third-order valence-electron chi connectivity index (χ3n) is 6.91. The highest BCUT2D eigenvalue weighted by Gasteiger charge is 2.23. The summed E-state index contributed by atoms with van der Waals surface area (Å²) in [4.78, 5) is 27.2. The summed E-state index contributed by atoms with van der Waals surface area (Å²) >= 11 is 0. The summed E-state index contributed by atoms with van der Waals surface area (Å²) in [6.07, 6.45) is 5.02. The first-order valence-corrected chi connectivity index (χ1v) is 13.2. The van der Waals surface area contributed by atoms with Crippen molar-refractivity contribution in [2.45, 2.75) is 58.5 Å². The highest BCUT2D eigenvalue weighted by Crippen LogP contribution is 2.33. The molecule has 1 aromatic heterocycles. The highest BCUT2D eigenvalue weighted by molar-refractivity contribution is 5.72. The number of urea groups is 1. The first-order chi connectivity index (χ1) is 18.7. The van der Waals surface area contributed by atoms with E-state index in [-0.39, 0.29) is 18.4 Å². The van der Waals surface area contributed by atoms with Crippen LogP contribution in [0.3, 0.4) is 0 Å². The smallest absolute Gasteiger partial charge is 0.314 e. The number of carboxylic acids is 1. The van der Waals surface area contributed by atoms with Gasteiger partial charge in [0.1, 0.15) is 11.8 Å². The van der Waals surface area contributed by atoms with Gasteiger partial charge in [0.15, 0.2) is 0 Å². The lowest BCUT2D eigenvalue weighted by molar-refractivity contribution is -0.138. The van der Waals surface area contributed by atoms with Crippen LogP contribution in [0.5, 0.6) is 5.75 Å². The lowest BCUT2D eigenvalue weighted by atomic mass is 9.94. The predicted molar refractivity (Wildman–Crippen MR) is 144 cm³/mol. The van der Waals surface area contributed by atoms with Gasteiger partial charge in [0, 0.05) is 30.6 Å². The number of hydrogen-bond acceptors (Lipinski definition) is 7. The number of primary amides is 1. The minimum Gasteiger partial charge on any atom is -0.490 e. The van der Waals surface area contributed by atoms with Crippen molar-refractivity contribution in [3.05, 3.63) is 53.1 Å². The Balaban J connectivity index is 0.000000229. The Morgan fingerprint density at radius 3 is 2.67 bits per heavy atom. The van der Waals surface area contributed by atoms with Crippen molar-refractivity contribution in [2.75, 3.05) is 13.1 Å². The minimum absolute atomic E-state index is 0.00290. The lowest BCUT2D eigenvalue weighted by Crippen LogP contribution is -2.41. The molecule has 0 radical (unpaired) electrons. The minimum atomic E-state index is -0.766. The molecule has 5 rings (SSSR count). The molecule has 3 aromatic rings. The lowest BCUT2D eigenvalue weighted by Gasteiger charge is -2.29. The second-order valence-corrected chi connectivity index (χ2v) is 10.1. The van der Waals surface area contributed by atoms with Gasteiger partial charge in [0.05, 0.1) is 11.7 Å². The quantitative estimate of drug-likeness (QED) is 0.459. The third-order valence-corrected chi connectivity index (χ3v) is 6.91. The Bertz CT molecular complexity index is 1370. The molecule has 1 aliphatic carbocycles. The number of amides is 2. The monoisotopic (exact) mass is 531 g/mol. The molecule has 0 unspecified atom stereocenters. The van der Waals surface area contributed by atoms with Gasteiger partial charge in [-0.1, -0.05) is 23.4 Å². The molecule has 204 valence electrons. The van der Waals surface area contributed by atoms with Gasteiger partial charge < -0.3 is 25.0 Å². The second-order valence-electron chi connectivity index (χ2n) is 10.1. The number of fused-ring (bicyclic) bond motifs is 1. The van der Waals surface area contributed by atoms with E-state index in [1.54, 1.807) is 17.0 Å². The van der Waals surface area contributed by atoms with Gasteiger partial charge in [-0.3, -0.25) is 4.79 Å². The fraction of sp³-hybridized carbons (Fsp3) is 0.414. The molecule has 2 aromatic carbocycles. The van der Waals surface area contributed by atoms with E-state index >= 15 is 0 Å². The van der Waals surface area contributed by atoms with Crippen molar-refractivity contribution in [1.82, 2.24) is 15.0 Å². The van der Waals surface area contributed by atoms with E-state index < -0.39 is 12.0 Å². The van der Waals surface area contributed by atoms with Crippen LogP contribution in [-0.4, -0.2) is 51.3 Å². The SMILES string of the molecule is CC(C)Oc1ccc(-c2nc(-c3cccc4c3CCC4)no2)cc1C#N.NC(=O)N1CCC(CC(=O)O)CC1. The first-order valence-electron chi connectivity index (χ1n) is 13.2. The summed E-state index contributed by atoms with van der Waals surface area (Å²) in [7, 11) is 0. The number of aromatic nitrogens is 2. The molecule has 3 N–H and O–H groups in total. The number of nitriles is 1. The predicted octanol–water partition coefficient (Wildman–Crippen LogP) is 4.80. The van der Waals surface area contributed by atoms with Crippen molar-refractivity contribution in [1.29, 1.82) is 5.26 Å². The van der Waals surface area contributed by atoms with Gasteiger partial charge in [-0.25, -0.2) is 4.79 Å². The molecular weight excluding hydrogens is 498 g/mol. The van der Waals surface area contributed by atoms with Gasteiger partial charge >= 0.3 is 12.0 Å². The Morgan fingerprint density at radius 1 is 1.23 bits per heavy atom. The van der Waals surface area contributed by atoms with E-state index in [0.717, 1.165) is 31.2 Å². The van der Waals surface area contributed by atoms with Gasteiger partial charge in [0.2, 0.25) is 5.82 Å². The zero-order valence-electron chi connectivity index (χ0n) is 22.2. The number of likely N-dealkylation sites (tertiary alicyclic amines) is 1. The van der Waals surface area contributed by atoms with Gasteiger partial charge in [-0.05, 0) is 81.2 Å². The molecule has 2 amide bonds. The van der Waals surface area contributed by atoms with Gasteiger partial charge in [0.25, 0.3) is 5.89 Å². The van der Waals surface area contributed by atoms with Crippen LogP contribution >= 0.6 is 0 Å². The fourth-order valence-electron chi connectivity index (χ4n) is 4.99. The molecule has 0 saturated carbocycles. The van der Waals surface area contributed by atoms with Crippen LogP contribution < -0.4 is 10.5 Å². The van der Waals surface area contributed by atoms with E-state index in [0.29, 0.717) is 41.7 Å².